The highest BCUT2D eigenvalue weighted by atomic mass is 19.1. The molecule has 1 aliphatic rings. The highest BCUT2D eigenvalue weighted by Gasteiger charge is 2.26. The largest absolute Gasteiger partial charge is 0.357 e. The molecule has 1 saturated heterocycles. The van der Waals surface area contributed by atoms with Gasteiger partial charge < -0.3 is 15.5 Å². The Labute approximate surface area is 166 Å². The Morgan fingerprint density at radius 2 is 1.89 bits per heavy atom. The molecule has 2 N–H and O–H groups in total. The van der Waals surface area contributed by atoms with Gasteiger partial charge in [-0.25, -0.2) is 13.8 Å². The molecule has 28 heavy (non-hydrogen) atoms. The minimum absolute atomic E-state index is 0.0605. The molecule has 0 bridgehead atoms. The molecule has 0 radical (unpaired) electrons. The van der Waals surface area contributed by atoms with Crippen molar-refractivity contribution in [3.8, 4) is 0 Å². The Balaban J connectivity index is 1.92. The molecule has 156 valence electrons. The molecule has 0 aliphatic carbocycles. The van der Waals surface area contributed by atoms with Crippen LogP contribution in [0.2, 0.25) is 0 Å². The normalized spacial score (nSPS) is 15.8. The average molecular weight is 395 g/mol. The van der Waals surface area contributed by atoms with Crippen molar-refractivity contribution in [1.82, 2.24) is 15.5 Å². The van der Waals surface area contributed by atoms with Crippen molar-refractivity contribution < 1.29 is 13.6 Å². The fourth-order valence-electron chi connectivity index (χ4n) is 3.48. The molecule has 0 atom stereocenters. The van der Waals surface area contributed by atoms with Crippen LogP contribution < -0.4 is 10.6 Å². The number of aliphatic imine (C=N–C) groups is 1. The summed E-state index contributed by atoms with van der Waals surface area (Å²) in [4.78, 5) is 18.9. The molecule has 1 aromatic carbocycles. The summed E-state index contributed by atoms with van der Waals surface area (Å²) in [5.74, 6) is 0.0133. The number of nitrogens with zero attached hydrogens (tertiary/aromatic N) is 2. The number of hydrogen-bond acceptors (Lipinski definition) is 2. The number of amides is 1. The molecule has 7 heteroatoms. The molecule has 0 saturated carbocycles. The molecule has 0 spiro atoms. The zero-order valence-electron chi connectivity index (χ0n) is 17.1. The maximum absolute atomic E-state index is 13.8. The van der Waals surface area contributed by atoms with Crippen LogP contribution in [-0.2, 0) is 11.3 Å². The van der Waals surface area contributed by atoms with E-state index >= 15 is 0 Å². The van der Waals surface area contributed by atoms with Gasteiger partial charge in [-0.15, -0.1) is 0 Å². The zero-order valence-corrected chi connectivity index (χ0v) is 17.1. The van der Waals surface area contributed by atoms with Crippen molar-refractivity contribution in [2.75, 3.05) is 19.6 Å². The third-order valence-corrected chi connectivity index (χ3v) is 5.24. The lowest BCUT2D eigenvalue weighted by molar-refractivity contribution is -0.136. The van der Waals surface area contributed by atoms with E-state index in [0.29, 0.717) is 12.5 Å². The molecular formula is C21H32F2N4O. The lowest BCUT2D eigenvalue weighted by Gasteiger charge is -2.34. The molecule has 1 aromatic rings. The summed E-state index contributed by atoms with van der Waals surface area (Å²) in [6.45, 7) is 8.25. The summed E-state index contributed by atoms with van der Waals surface area (Å²) in [6.07, 6.45) is 3.43. The van der Waals surface area contributed by atoms with Crippen molar-refractivity contribution in [1.29, 1.82) is 0 Å². The van der Waals surface area contributed by atoms with Gasteiger partial charge in [-0.2, -0.15) is 0 Å². The second kappa shape index (κ2) is 11.0. The van der Waals surface area contributed by atoms with E-state index in [1.54, 1.807) is 0 Å². The van der Waals surface area contributed by atoms with Gasteiger partial charge in [0.2, 0.25) is 5.91 Å². The molecule has 0 unspecified atom stereocenters. The van der Waals surface area contributed by atoms with E-state index < -0.39 is 11.6 Å². The van der Waals surface area contributed by atoms with Gasteiger partial charge in [-0.3, -0.25) is 4.79 Å². The van der Waals surface area contributed by atoms with Crippen molar-refractivity contribution in [2.45, 2.75) is 59.0 Å². The van der Waals surface area contributed by atoms with Crippen LogP contribution in [0, 0.1) is 17.6 Å². The topological polar surface area (TPSA) is 56.7 Å². The Kier molecular flexibility index (Phi) is 8.67. The maximum atomic E-state index is 13.8. The third kappa shape index (κ3) is 6.17. The van der Waals surface area contributed by atoms with Gasteiger partial charge in [0.1, 0.15) is 11.6 Å². The van der Waals surface area contributed by atoms with Crippen LogP contribution in [0.15, 0.2) is 23.2 Å². The average Bonchev–Trinajstić information content (AvgIpc) is 2.70. The van der Waals surface area contributed by atoms with Gasteiger partial charge in [0.05, 0.1) is 6.54 Å². The van der Waals surface area contributed by atoms with Gasteiger partial charge in [0.25, 0.3) is 0 Å². The summed E-state index contributed by atoms with van der Waals surface area (Å²) in [5, 5.41) is 6.51. The number of carbonyl (C=O) groups is 1. The highest BCUT2D eigenvalue weighted by Crippen LogP contribution is 2.17. The standard InChI is InChI=1S/C21H32F2N4O/c1-4-15(5-2)20(28)27-11-9-18(10-12-27)26-21(24-6-3)25-14-16-13-17(22)7-8-19(16)23/h7-8,13,15,18H,4-6,9-12,14H2,1-3H3,(H2,24,25,26). The number of piperidine rings is 1. The van der Waals surface area contributed by atoms with Gasteiger partial charge in [-0.1, -0.05) is 13.8 Å². The zero-order chi connectivity index (χ0) is 20.5. The minimum Gasteiger partial charge on any atom is -0.357 e. The third-order valence-electron chi connectivity index (χ3n) is 5.24. The molecule has 5 nitrogen and oxygen atoms in total. The number of benzene rings is 1. The molecule has 2 rings (SSSR count). The first-order chi connectivity index (χ1) is 13.5. The first kappa shape index (κ1) is 22.1. The number of hydrogen-bond donors (Lipinski definition) is 2. The Morgan fingerprint density at radius 1 is 1.21 bits per heavy atom. The fourth-order valence-corrected chi connectivity index (χ4v) is 3.48. The van der Waals surface area contributed by atoms with E-state index in [4.69, 9.17) is 0 Å². The Hall–Kier alpha value is -2.18. The summed E-state index contributed by atoms with van der Waals surface area (Å²) in [7, 11) is 0. The summed E-state index contributed by atoms with van der Waals surface area (Å²) < 4.78 is 27.1. The van der Waals surface area contributed by atoms with Crippen molar-refractivity contribution >= 4 is 11.9 Å². The molecule has 0 aromatic heterocycles. The number of likely N-dealkylation sites (tertiary alicyclic amines) is 1. The summed E-state index contributed by atoms with van der Waals surface area (Å²) >= 11 is 0. The number of nitrogens with one attached hydrogen (secondary N) is 2. The van der Waals surface area contributed by atoms with Crippen molar-refractivity contribution in [3.05, 3.63) is 35.4 Å². The van der Waals surface area contributed by atoms with Crippen LogP contribution in [0.4, 0.5) is 8.78 Å². The first-order valence-electron chi connectivity index (χ1n) is 10.3. The van der Waals surface area contributed by atoms with E-state index in [-0.39, 0.29) is 30.0 Å². The quantitative estimate of drug-likeness (QED) is 0.550. The predicted octanol–water partition coefficient (Wildman–Crippen LogP) is 3.45. The second-order valence-electron chi connectivity index (χ2n) is 7.19. The van der Waals surface area contributed by atoms with Gasteiger partial charge in [0, 0.05) is 37.2 Å². The van der Waals surface area contributed by atoms with E-state index in [9.17, 15) is 13.6 Å². The SMILES string of the molecule is CCNC(=NCc1cc(F)ccc1F)NC1CCN(C(=O)C(CC)CC)CC1. The molecular weight excluding hydrogens is 362 g/mol. The first-order valence-corrected chi connectivity index (χ1v) is 10.3. The van der Waals surface area contributed by atoms with Crippen LogP contribution in [0.25, 0.3) is 0 Å². The smallest absolute Gasteiger partial charge is 0.225 e. The van der Waals surface area contributed by atoms with Crippen LogP contribution in [0.5, 0.6) is 0 Å². The highest BCUT2D eigenvalue weighted by molar-refractivity contribution is 5.80. The van der Waals surface area contributed by atoms with Crippen LogP contribution >= 0.6 is 0 Å². The van der Waals surface area contributed by atoms with Crippen LogP contribution in [0.1, 0.15) is 52.0 Å². The molecule has 1 heterocycles. The molecule has 1 aliphatic heterocycles. The van der Waals surface area contributed by atoms with Gasteiger partial charge in [-0.05, 0) is 50.8 Å². The minimum atomic E-state index is -0.473. The van der Waals surface area contributed by atoms with Crippen LogP contribution in [0.3, 0.4) is 0 Å². The van der Waals surface area contributed by atoms with E-state index in [2.05, 4.69) is 29.5 Å². The van der Waals surface area contributed by atoms with E-state index in [1.165, 1.54) is 6.07 Å². The maximum Gasteiger partial charge on any atom is 0.225 e. The number of halogens is 2. The van der Waals surface area contributed by atoms with Crippen LogP contribution in [-0.4, -0.2) is 42.4 Å². The Bertz CT molecular complexity index is 668. The summed E-state index contributed by atoms with van der Waals surface area (Å²) in [6, 6.07) is 3.58. The monoisotopic (exact) mass is 394 g/mol. The Morgan fingerprint density at radius 3 is 2.50 bits per heavy atom. The van der Waals surface area contributed by atoms with E-state index in [1.807, 2.05) is 11.8 Å². The lowest BCUT2D eigenvalue weighted by Crippen LogP contribution is -2.50. The van der Waals surface area contributed by atoms with Gasteiger partial charge >= 0.3 is 0 Å². The number of rotatable bonds is 7. The predicted molar refractivity (Wildman–Crippen MR) is 108 cm³/mol. The molecule has 1 amide bonds. The molecule has 1 fully saturated rings. The van der Waals surface area contributed by atoms with E-state index in [0.717, 1.165) is 50.9 Å². The van der Waals surface area contributed by atoms with Crippen molar-refractivity contribution in [2.24, 2.45) is 10.9 Å². The number of guanidine groups is 1. The lowest BCUT2D eigenvalue weighted by atomic mass is 9.98. The van der Waals surface area contributed by atoms with Gasteiger partial charge in [0.15, 0.2) is 5.96 Å². The second-order valence-corrected chi connectivity index (χ2v) is 7.19. The fraction of sp³-hybridized carbons (Fsp3) is 0.619. The summed E-state index contributed by atoms with van der Waals surface area (Å²) in [5.41, 5.74) is 0.225. The van der Waals surface area contributed by atoms with Crippen molar-refractivity contribution in [3.63, 3.8) is 0 Å². The number of carbonyl (C=O) groups excluding carboxylic acids is 1.